The molecule has 1 heterocycles. The van der Waals surface area contributed by atoms with Crippen molar-refractivity contribution in [3.8, 4) is 0 Å². The van der Waals surface area contributed by atoms with Crippen molar-refractivity contribution in [1.29, 1.82) is 0 Å². The van der Waals surface area contributed by atoms with Crippen molar-refractivity contribution in [1.82, 2.24) is 0 Å². The topological polar surface area (TPSA) is 9.23 Å². The Balaban J connectivity index is 1.92. The van der Waals surface area contributed by atoms with Crippen LogP contribution in [0.4, 0.5) is 0 Å². The van der Waals surface area contributed by atoms with Gasteiger partial charge in [-0.3, -0.25) is 0 Å². The molecule has 0 aromatic heterocycles. The Hall–Kier alpha value is 0.310. The highest BCUT2D eigenvalue weighted by Crippen LogP contribution is 2.51. The predicted octanol–water partition coefficient (Wildman–Crippen LogP) is 2.70. The van der Waals surface area contributed by atoms with E-state index in [1.807, 2.05) is 7.11 Å². The second-order valence-electron chi connectivity index (χ2n) is 4.65. The number of thioether (sulfide) groups is 1. The molecule has 1 nitrogen and oxygen atoms in total. The first-order valence-electron chi connectivity index (χ1n) is 4.81. The number of hydrogen-bond donors (Lipinski definition) is 0. The van der Waals surface area contributed by atoms with Crippen LogP contribution in [0.1, 0.15) is 32.6 Å². The zero-order valence-corrected chi connectivity index (χ0v) is 8.88. The Bertz CT molecular complexity index is 153. The van der Waals surface area contributed by atoms with E-state index in [1.165, 1.54) is 37.2 Å². The maximum absolute atomic E-state index is 5.53. The second kappa shape index (κ2) is 2.91. The molecule has 0 radical (unpaired) electrons. The van der Waals surface area contributed by atoms with E-state index in [2.05, 4.69) is 18.7 Å². The molecule has 0 atom stereocenters. The Morgan fingerprint density at radius 2 is 1.67 bits per heavy atom. The van der Waals surface area contributed by atoms with Gasteiger partial charge in [-0.25, -0.2) is 0 Å². The van der Waals surface area contributed by atoms with Crippen LogP contribution in [0.25, 0.3) is 0 Å². The van der Waals surface area contributed by atoms with E-state index in [0.717, 1.165) is 5.41 Å². The highest BCUT2D eigenvalue weighted by Gasteiger charge is 2.44. The summed E-state index contributed by atoms with van der Waals surface area (Å²) in [5.74, 6) is 2.82. The van der Waals surface area contributed by atoms with Gasteiger partial charge in [0.1, 0.15) is 0 Å². The van der Waals surface area contributed by atoms with Crippen LogP contribution in [0.15, 0.2) is 0 Å². The van der Waals surface area contributed by atoms with Gasteiger partial charge < -0.3 is 4.74 Å². The predicted molar refractivity (Wildman–Crippen MR) is 53.6 cm³/mol. The summed E-state index contributed by atoms with van der Waals surface area (Å²) in [6.45, 7) is 2.26. The molecule has 2 heteroatoms. The SMILES string of the molecule is COC1(C)CCC2(CC1)CSC2. The molecule has 70 valence electrons. The standard InChI is InChI=1S/C10H18OS/c1-9(11-2)3-5-10(6-4-9)7-12-8-10/h3-8H2,1-2H3. The van der Waals surface area contributed by atoms with E-state index < -0.39 is 0 Å². The highest BCUT2D eigenvalue weighted by molar-refractivity contribution is 8.00. The molecule has 1 saturated carbocycles. The summed E-state index contributed by atoms with van der Waals surface area (Å²) in [6.07, 6.45) is 5.32. The third-order valence-electron chi connectivity index (χ3n) is 3.68. The van der Waals surface area contributed by atoms with Crippen molar-refractivity contribution < 1.29 is 4.74 Å². The van der Waals surface area contributed by atoms with Gasteiger partial charge in [0.25, 0.3) is 0 Å². The van der Waals surface area contributed by atoms with Crippen LogP contribution in [-0.4, -0.2) is 24.2 Å². The van der Waals surface area contributed by atoms with Gasteiger partial charge in [-0.2, -0.15) is 11.8 Å². The number of hydrogen-bond acceptors (Lipinski definition) is 2. The van der Waals surface area contributed by atoms with Gasteiger partial charge in [0.2, 0.25) is 0 Å². The molecule has 0 unspecified atom stereocenters. The first-order valence-corrected chi connectivity index (χ1v) is 5.97. The minimum absolute atomic E-state index is 0.200. The molecule has 0 bridgehead atoms. The van der Waals surface area contributed by atoms with Crippen LogP contribution >= 0.6 is 11.8 Å². The van der Waals surface area contributed by atoms with Crippen LogP contribution in [0.2, 0.25) is 0 Å². The van der Waals surface area contributed by atoms with E-state index in [-0.39, 0.29) is 5.60 Å². The van der Waals surface area contributed by atoms with E-state index in [9.17, 15) is 0 Å². The van der Waals surface area contributed by atoms with E-state index in [0.29, 0.717) is 0 Å². The molecule has 12 heavy (non-hydrogen) atoms. The van der Waals surface area contributed by atoms with Gasteiger partial charge in [-0.1, -0.05) is 0 Å². The molecule has 1 spiro atoms. The van der Waals surface area contributed by atoms with Crippen LogP contribution in [0, 0.1) is 5.41 Å². The van der Waals surface area contributed by atoms with E-state index in [4.69, 9.17) is 4.74 Å². The quantitative estimate of drug-likeness (QED) is 0.622. The molecule has 0 aromatic carbocycles. The lowest BCUT2D eigenvalue weighted by atomic mass is 9.71. The van der Waals surface area contributed by atoms with Gasteiger partial charge in [0.15, 0.2) is 0 Å². The fraction of sp³-hybridized carbons (Fsp3) is 1.00. The molecule has 0 aromatic rings. The second-order valence-corrected chi connectivity index (χ2v) is 5.63. The van der Waals surface area contributed by atoms with E-state index >= 15 is 0 Å². The third kappa shape index (κ3) is 1.39. The van der Waals surface area contributed by atoms with E-state index in [1.54, 1.807) is 0 Å². The minimum Gasteiger partial charge on any atom is -0.379 e. The van der Waals surface area contributed by atoms with Gasteiger partial charge in [0.05, 0.1) is 5.60 Å². The van der Waals surface area contributed by atoms with Gasteiger partial charge >= 0.3 is 0 Å². The molecular formula is C10H18OS. The van der Waals surface area contributed by atoms with Crippen LogP contribution in [0.5, 0.6) is 0 Å². The van der Waals surface area contributed by atoms with Crippen LogP contribution < -0.4 is 0 Å². The lowest BCUT2D eigenvalue weighted by molar-refractivity contribution is -0.0468. The van der Waals surface area contributed by atoms with Crippen molar-refractivity contribution in [2.75, 3.05) is 18.6 Å². The van der Waals surface area contributed by atoms with Crippen molar-refractivity contribution in [3.63, 3.8) is 0 Å². The molecular weight excluding hydrogens is 168 g/mol. The lowest BCUT2D eigenvalue weighted by Gasteiger charge is -2.49. The molecule has 0 amide bonds. The molecule has 2 fully saturated rings. The first-order chi connectivity index (χ1) is 5.68. The Morgan fingerprint density at radius 3 is 2.00 bits per heavy atom. The molecule has 2 aliphatic rings. The Labute approximate surface area is 79.2 Å². The summed E-state index contributed by atoms with van der Waals surface area (Å²) in [6, 6.07) is 0. The third-order valence-corrected chi connectivity index (χ3v) is 5.31. The fourth-order valence-corrected chi connectivity index (χ4v) is 3.55. The monoisotopic (exact) mass is 186 g/mol. The van der Waals surface area contributed by atoms with Gasteiger partial charge in [-0.15, -0.1) is 0 Å². The summed E-state index contributed by atoms with van der Waals surface area (Å²) in [4.78, 5) is 0. The fourth-order valence-electron chi connectivity index (χ4n) is 2.19. The molecule has 0 N–H and O–H groups in total. The normalized spacial score (nSPS) is 31.5. The summed E-state index contributed by atoms with van der Waals surface area (Å²) in [7, 11) is 1.85. The maximum Gasteiger partial charge on any atom is 0.0651 e. The summed E-state index contributed by atoms with van der Waals surface area (Å²) >= 11 is 2.11. The molecule has 1 aliphatic heterocycles. The largest absolute Gasteiger partial charge is 0.379 e. The van der Waals surface area contributed by atoms with Crippen LogP contribution in [0.3, 0.4) is 0 Å². The number of methoxy groups -OCH3 is 1. The van der Waals surface area contributed by atoms with Crippen molar-refractivity contribution in [2.45, 2.75) is 38.2 Å². The maximum atomic E-state index is 5.53. The zero-order chi connectivity index (χ0) is 8.66. The van der Waals surface area contributed by atoms with Gasteiger partial charge in [0, 0.05) is 7.11 Å². The Kier molecular flexibility index (Phi) is 2.16. The smallest absolute Gasteiger partial charge is 0.0651 e. The van der Waals surface area contributed by atoms with Crippen LogP contribution in [-0.2, 0) is 4.74 Å². The number of ether oxygens (including phenoxy) is 1. The summed E-state index contributed by atoms with van der Waals surface area (Å²) in [5.41, 5.74) is 0.939. The van der Waals surface area contributed by atoms with Crippen molar-refractivity contribution in [3.05, 3.63) is 0 Å². The summed E-state index contributed by atoms with van der Waals surface area (Å²) < 4.78 is 5.53. The minimum atomic E-state index is 0.200. The average molecular weight is 186 g/mol. The molecule has 1 aliphatic carbocycles. The lowest BCUT2D eigenvalue weighted by Crippen LogP contribution is -2.44. The Morgan fingerprint density at radius 1 is 1.08 bits per heavy atom. The average Bonchev–Trinajstić information content (AvgIpc) is 2.04. The van der Waals surface area contributed by atoms with Crippen molar-refractivity contribution in [2.24, 2.45) is 5.41 Å². The van der Waals surface area contributed by atoms with Crippen molar-refractivity contribution >= 4 is 11.8 Å². The zero-order valence-electron chi connectivity index (χ0n) is 8.06. The highest BCUT2D eigenvalue weighted by atomic mass is 32.2. The van der Waals surface area contributed by atoms with Gasteiger partial charge in [-0.05, 0) is 49.5 Å². The molecule has 2 rings (SSSR count). The summed E-state index contributed by atoms with van der Waals surface area (Å²) in [5, 5.41) is 0. The first kappa shape index (κ1) is 8.89. The molecule has 1 saturated heterocycles. The number of rotatable bonds is 1.